The van der Waals surface area contributed by atoms with Gasteiger partial charge in [0.05, 0.1) is 25.0 Å². The van der Waals surface area contributed by atoms with Crippen LogP contribution in [0.15, 0.2) is 34.0 Å². The number of amidine groups is 1. The fraction of sp³-hybridized carbons (Fsp3) is 0.719. The first-order chi connectivity index (χ1) is 35.9. The van der Waals surface area contributed by atoms with Crippen molar-refractivity contribution < 1.29 is 47.7 Å². The standard InChI is InChI=1S/C64H99N5O10/c1-34(2)46-43(66-52(68-57(74)63(19,20)21)48(46)55(72)78-50-39(59(7,8)9)27-37(28-40(50)60(10,11)12)32-76-45(70)25-26-65)31-44-47(35(3)4)49(53(67-44)69-58(75)64(22,23)24)56(73)79-51-41(61(13,14)15)29-38(30-42(51)62(16,17)18)33-77-54(71)36(5)6/h31,34-35,37-42,50-51,67H,5,25,27-30,32-33H2,1-4,6-24H3,(H,69,75)(H,66,68,74). The van der Waals surface area contributed by atoms with Crippen LogP contribution in [0.2, 0.25) is 0 Å². The number of ether oxygens (including phenoxy) is 4. The number of esters is 4. The van der Waals surface area contributed by atoms with E-state index in [0.29, 0.717) is 53.8 Å². The van der Waals surface area contributed by atoms with Crippen LogP contribution in [-0.2, 0) is 42.9 Å². The summed E-state index contributed by atoms with van der Waals surface area (Å²) in [5.41, 5.74) is -0.603. The van der Waals surface area contributed by atoms with Crippen molar-refractivity contribution in [3.05, 3.63) is 45.8 Å². The molecule has 2 fully saturated rings. The van der Waals surface area contributed by atoms with Crippen LogP contribution in [0.25, 0.3) is 6.08 Å². The number of amides is 2. The van der Waals surface area contributed by atoms with E-state index in [1.165, 1.54) is 0 Å². The van der Waals surface area contributed by atoms with Crippen molar-refractivity contribution in [1.82, 2.24) is 10.3 Å². The molecule has 4 unspecified atom stereocenters. The molecular weight excluding hydrogens is 999 g/mol. The van der Waals surface area contributed by atoms with Gasteiger partial charge in [-0.25, -0.2) is 19.4 Å². The molecule has 440 valence electrons. The predicted octanol–water partition coefficient (Wildman–Crippen LogP) is 13.5. The number of anilines is 1. The highest BCUT2D eigenvalue weighted by atomic mass is 16.6. The predicted molar refractivity (Wildman–Crippen MR) is 311 cm³/mol. The monoisotopic (exact) mass is 1100 g/mol. The van der Waals surface area contributed by atoms with Crippen LogP contribution in [0, 0.1) is 85.2 Å². The molecule has 4 atom stereocenters. The smallest absolute Gasteiger partial charge is 0.342 e. The second kappa shape index (κ2) is 24.7. The van der Waals surface area contributed by atoms with Gasteiger partial charge < -0.3 is 34.6 Å². The first kappa shape index (κ1) is 66.0. The van der Waals surface area contributed by atoms with E-state index >= 15 is 9.59 Å². The number of nitriles is 1. The molecular formula is C64H99N5O10. The molecule has 15 nitrogen and oxygen atoms in total. The van der Waals surface area contributed by atoms with Crippen molar-refractivity contribution in [2.45, 2.75) is 209 Å². The maximum Gasteiger partial charge on any atom is 0.342 e. The van der Waals surface area contributed by atoms with Crippen molar-refractivity contribution in [1.29, 1.82) is 5.26 Å². The Balaban J connectivity index is 1.98. The number of carbonyl (C=O) groups excluding carboxylic acids is 6. The normalized spacial score (nSPS) is 23.9. The van der Waals surface area contributed by atoms with Gasteiger partial charge in [0, 0.05) is 45.8 Å². The summed E-state index contributed by atoms with van der Waals surface area (Å²) in [7, 11) is 0. The molecule has 15 heteroatoms. The molecule has 2 amide bonds. The third-order valence-electron chi connectivity index (χ3n) is 16.1. The average molecular weight is 1100 g/mol. The van der Waals surface area contributed by atoms with E-state index in [2.05, 4.69) is 105 Å². The zero-order chi connectivity index (χ0) is 60.5. The Kier molecular flexibility index (Phi) is 20.6. The second-order valence-electron chi connectivity index (χ2n) is 29.9. The molecule has 0 bridgehead atoms. The maximum atomic E-state index is 15.5. The number of rotatable bonds is 14. The fourth-order valence-corrected chi connectivity index (χ4v) is 11.5. The summed E-state index contributed by atoms with van der Waals surface area (Å²) in [5.74, 6) is -4.09. The first-order valence-electron chi connectivity index (χ1n) is 28.6. The summed E-state index contributed by atoms with van der Waals surface area (Å²) in [6, 6.07) is 1.86. The van der Waals surface area contributed by atoms with Gasteiger partial charge in [0.25, 0.3) is 0 Å². The van der Waals surface area contributed by atoms with Gasteiger partial charge in [-0.1, -0.05) is 159 Å². The Morgan fingerprint density at radius 3 is 1.46 bits per heavy atom. The quantitative estimate of drug-likeness (QED) is 0.0905. The third kappa shape index (κ3) is 16.6. The van der Waals surface area contributed by atoms with E-state index in [4.69, 9.17) is 29.2 Å². The van der Waals surface area contributed by atoms with E-state index in [0.717, 1.165) is 0 Å². The van der Waals surface area contributed by atoms with Crippen molar-refractivity contribution >= 4 is 53.4 Å². The lowest BCUT2D eigenvalue weighted by atomic mass is 9.58. The van der Waals surface area contributed by atoms with E-state index < -0.39 is 46.9 Å². The van der Waals surface area contributed by atoms with Crippen LogP contribution in [0.5, 0.6) is 0 Å². The molecule has 0 saturated heterocycles. The van der Waals surface area contributed by atoms with Crippen LogP contribution >= 0.6 is 0 Å². The Labute approximate surface area is 473 Å². The Morgan fingerprint density at radius 1 is 0.658 bits per heavy atom. The van der Waals surface area contributed by atoms with E-state index in [-0.39, 0.29) is 123 Å². The SMILES string of the molecule is C=C(C)C(=O)OCC1CC(C(C)(C)C)C(OC(=O)c2c(NC(=O)C(C)(C)C)[nH]c(C=C3N=C(NC(=O)C(C)(C)C)C(C(=O)OC4C(C(C)(C)C)CC(COC(=O)CC#N)CC4C(C)(C)C)=C3C(C)C)c2C(C)C)C(C(C)(C)C)C1. The van der Waals surface area contributed by atoms with Gasteiger partial charge in [0.2, 0.25) is 11.8 Å². The summed E-state index contributed by atoms with van der Waals surface area (Å²) in [4.78, 5) is 92.4. The molecule has 0 spiro atoms. The van der Waals surface area contributed by atoms with E-state index in [1.54, 1.807) is 54.5 Å². The zero-order valence-corrected chi connectivity index (χ0v) is 52.5. The minimum Gasteiger partial charge on any atom is -0.465 e. The molecule has 4 rings (SSSR count). The van der Waals surface area contributed by atoms with Crippen molar-refractivity contribution in [2.24, 2.45) is 78.9 Å². The number of aliphatic imine (C=N–C) groups is 1. The minimum absolute atomic E-state index is 0.00908. The van der Waals surface area contributed by atoms with E-state index in [9.17, 15) is 19.2 Å². The van der Waals surface area contributed by atoms with Gasteiger partial charge >= 0.3 is 23.9 Å². The number of aromatic amines is 1. The summed E-state index contributed by atoms with van der Waals surface area (Å²) in [6.07, 6.45) is 2.79. The Bertz CT molecular complexity index is 2570. The molecule has 2 aliphatic carbocycles. The summed E-state index contributed by atoms with van der Waals surface area (Å²) < 4.78 is 25.1. The largest absolute Gasteiger partial charge is 0.465 e. The van der Waals surface area contributed by atoms with Gasteiger partial charge in [-0.3, -0.25) is 14.4 Å². The zero-order valence-electron chi connectivity index (χ0n) is 52.5. The number of allylic oxidation sites excluding steroid dienone is 1. The fourth-order valence-electron chi connectivity index (χ4n) is 11.5. The van der Waals surface area contributed by atoms with Gasteiger partial charge in [0.15, 0.2) is 0 Å². The van der Waals surface area contributed by atoms with Crippen molar-refractivity contribution in [3.8, 4) is 6.07 Å². The highest BCUT2D eigenvalue weighted by Gasteiger charge is 2.52. The number of aromatic nitrogens is 1. The molecule has 3 N–H and O–H groups in total. The van der Waals surface area contributed by atoms with Gasteiger partial charge in [0.1, 0.15) is 41.4 Å². The molecule has 79 heavy (non-hydrogen) atoms. The molecule has 3 aliphatic rings. The van der Waals surface area contributed by atoms with Crippen molar-refractivity contribution in [3.63, 3.8) is 0 Å². The lowest BCUT2D eigenvalue weighted by molar-refractivity contribution is -0.167. The van der Waals surface area contributed by atoms with Crippen molar-refractivity contribution in [2.75, 3.05) is 18.5 Å². The first-order valence-corrected chi connectivity index (χ1v) is 28.6. The number of hydrogen-bond acceptors (Lipinski definition) is 12. The van der Waals surface area contributed by atoms with Crippen LogP contribution in [0.4, 0.5) is 5.82 Å². The Hall–Kier alpha value is -5.52. The molecule has 1 aliphatic heterocycles. The number of nitrogens with zero attached hydrogens (tertiary/aromatic N) is 2. The second-order valence-corrected chi connectivity index (χ2v) is 29.9. The van der Waals surface area contributed by atoms with Crippen LogP contribution in [0.3, 0.4) is 0 Å². The molecule has 2 saturated carbocycles. The number of carbonyl (C=O) groups is 6. The molecule has 1 aromatic heterocycles. The molecule has 2 heterocycles. The topological polar surface area (TPSA) is 215 Å². The van der Waals surface area contributed by atoms with E-state index in [1.807, 2.05) is 33.8 Å². The highest BCUT2D eigenvalue weighted by Crippen LogP contribution is 2.52. The third-order valence-corrected chi connectivity index (χ3v) is 16.1. The molecule has 0 radical (unpaired) electrons. The summed E-state index contributed by atoms with van der Waals surface area (Å²) >= 11 is 0. The highest BCUT2D eigenvalue weighted by molar-refractivity contribution is 6.26. The summed E-state index contributed by atoms with van der Waals surface area (Å²) in [6.45, 7) is 49.8. The van der Waals surface area contributed by atoms with Crippen LogP contribution in [0.1, 0.15) is 219 Å². The molecule has 1 aromatic rings. The summed E-state index contributed by atoms with van der Waals surface area (Å²) in [5, 5.41) is 15.2. The van der Waals surface area contributed by atoms with Crippen LogP contribution in [-0.4, -0.2) is 71.9 Å². The van der Waals surface area contributed by atoms with Gasteiger partial charge in [-0.15, -0.1) is 0 Å². The lowest BCUT2D eigenvalue weighted by Crippen LogP contribution is -2.51. The van der Waals surface area contributed by atoms with Gasteiger partial charge in [-0.05, 0) is 95.2 Å². The number of nitrogens with one attached hydrogen (secondary N) is 3. The maximum absolute atomic E-state index is 15.5. The van der Waals surface area contributed by atoms with Crippen LogP contribution < -0.4 is 10.6 Å². The minimum atomic E-state index is -0.875. The number of H-pyrrole nitrogens is 1. The Morgan fingerprint density at radius 2 is 1.08 bits per heavy atom. The lowest BCUT2D eigenvalue weighted by Gasteiger charge is -2.50. The van der Waals surface area contributed by atoms with Gasteiger partial charge in [-0.2, -0.15) is 5.26 Å². The average Bonchev–Trinajstić information content (AvgIpc) is 3.83. The molecule has 0 aromatic carbocycles. The number of hydrogen-bond donors (Lipinski definition) is 3.